The molecule has 2 aromatic heterocycles. The number of hydrogen-bond donors (Lipinski definition) is 1. The van der Waals surface area contributed by atoms with Crippen molar-refractivity contribution in [1.29, 1.82) is 5.26 Å². The molecule has 1 amide bonds. The molecule has 3 aromatic rings. The fourth-order valence-corrected chi connectivity index (χ4v) is 5.77. The van der Waals surface area contributed by atoms with Gasteiger partial charge in [0.05, 0.1) is 39.6 Å². The highest BCUT2D eigenvalue weighted by molar-refractivity contribution is 8.04. The summed E-state index contributed by atoms with van der Waals surface area (Å²) in [5.41, 5.74) is 4.63. The Morgan fingerprint density at radius 1 is 1.23 bits per heavy atom. The Hall–Kier alpha value is -3.12. The van der Waals surface area contributed by atoms with E-state index in [1.54, 1.807) is 7.11 Å². The molecule has 0 spiro atoms. The molecule has 0 unspecified atom stereocenters. The number of aromatic nitrogens is 2. The average molecular weight is 488 g/mol. The molecule has 1 aromatic carbocycles. The Morgan fingerprint density at radius 3 is 2.77 bits per heavy atom. The van der Waals surface area contributed by atoms with Gasteiger partial charge in [0.15, 0.2) is 0 Å². The average Bonchev–Trinajstić information content (AvgIpc) is 3.24. The highest BCUT2D eigenvalue weighted by Gasteiger charge is 2.26. The number of amides is 1. The number of carbonyl (C=O) groups excluding carboxylic acids is 1. The van der Waals surface area contributed by atoms with E-state index in [1.165, 1.54) is 17.3 Å². The van der Waals surface area contributed by atoms with Crippen molar-refractivity contribution in [2.45, 2.75) is 43.4 Å². The summed E-state index contributed by atoms with van der Waals surface area (Å²) in [4.78, 5) is 21.0. The van der Waals surface area contributed by atoms with Crippen molar-refractivity contribution in [1.82, 2.24) is 19.6 Å². The van der Waals surface area contributed by atoms with E-state index in [-0.39, 0.29) is 11.9 Å². The molecule has 180 valence electrons. The summed E-state index contributed by atoms with van der Waals surface area (Å²) in [6.45, 7) is 3.46. The van der Waals surface area contributed by atoms with E-state index < -0.39 is 0 Å². The molecular formula is C27H29N5O2S. The molecular weight excluding hydrogens is 458 g/mol. The second-order valence-corrected chi connectivity index (χ2v) is 10.1. The molecule has 5 rings (SSSR count). The Labute approximate surface area is 209 Å². The lowest BCUT2D eigenvalue weighted by molar-refractivity contribution is -0.117. The summed E-state index contributed by atoms with van der Waals surface area (Å²) >= 11 is 1.49. The number of nitrogens with zero attached hydrogens (tertiary/aromatic N) is 4. The topological polar surface area (TPSA) is 82.7 Å². The first kappa shape index (κ1) is 23.6. The Balaban J connectivity index is 1.13. The van der Waals surface area contributed by atoms with Crippen LogP contribution in [0.3, 0.4) is 0 Å². The van der Waals surface area contributed by atoms with Crippen LogP contribution in [0.4, 0.5) is 0 Å². The molecule has 35 heavy (non-hydrogen) atoms. The molecule has 0 aliphatic carbocycles. The van der Waals surface area contributed by atoms with Gasteiger partial charge in [-0.25, -0.2) is 4.98 Å². The number of nitrogens with one attached hydrogen (secondary N) is 1. The molecule has 4 heterocycles. The lowest BCUT2D eigenvalue weighted by Crippen LogP contribution is -2.45. The van der Waals surface area contributed by atoms with E-state index in [2.05, 4.69) is 25.7 Å². The van der Waals surface area contributed by atoms with Crippen LogP contribution < -0.4 is 5.32 Å². The van der Waals surface area contributed by atoms with Crippen molar-refractivity contribution in [2.75, 3.05) is 26.7 Å². The van der Waals surface area contributed by atoms with Crippen LogP contribution >= 0.6 is 11.8 Å². The molecule has 2 aliphatic heterocycles. The fraction of sp³-hybridized carbons (Fsp3) is 0.370. The van der Waals surface area contributed by atoms with Crippen LogP contribution in [0.25, 0.3) is 11.7 Å². The van der Waals surface area contributed by atoms with Crippen LogP contribution in [0.5, 0.6) is 0 Å². The quantitative estimate of drug-likeness (QED) is 0.517. The predicted octanol–water partition coefficient (Wildman–Crippen LogP) is 4.01. The number of methoxy groups -OCH3 is 1. The number of nitriles is 1. The normalized spacial score (nSPS) is 16.2. The van der Waals surface area contributed by atoms with Gasteiger partial charge < -0.3 is 15.0 Å². The third-order valence-electron chi connectivity index (χ3n) is 6.65. The van der Waals surface area contributed by atoms with Gasteiger partial charge in [0, 0.05) is 26.2 Å². The van der Waals surface area contributed by atoms with Gasteiger partial charge in [0.1, 0.15) is 5.65 Å². The van der Waals surface area contributed by atoms with Crippen LogP contribution in [0.15, 0.2) is 52.4 Å². The van der Waals surface area contributed by atoms with Crippen LogP contribution in [-0.4, -0.2) is 53.0 Å². The first-order valence-corrected chi connectivity index (χ1v) is 12.9. The first-order valence-electron chi connectivity index (χ1n) is 12.1. The highest BCUT2D eigenvalue weighted by atomic mass is 32.2. The molecule has 1 fully saturated rings. The number of carbonyl (C=O) groups is 1. The van der Waals surface area contributed by atoms with E-state index in [4.69, 9.17) is 10.00 Å². The number of aryl methyl sites for hydroxylation is 1. The van der Waals surface area contributed by atoms with Gasteiger partial charge >= 0.3 is 0 Å². The van der Waals surface area contributed by atoms with Gasteiger partial charge in [-0.3, -0.25) is 9.20 Å². The zero-order chi connectivity index (χ0) is 24.2. The number of hydrogen-bond acceptors (Lipinski definition) is 6. The van der Waals surface area contributed by atoms with Crippen LogP contribution in [-0.2, 0) is 22.6 Å². The van der Waals surface area contributed by atoms with Crippen molar-refractivity contribution in [3.8, 4) is 6.07 Å². The van der Waals surface area contributed by atoms with E-state index in [0.29, 0.717) is 17.1 Å². The first-order chi connectivity index (χ1) is 17.1. The summed E-state index contributed by atoms with van der Waals surface area (Å²) in [6, 6.07) is 16.2. The van der Waals surface area contributed by atoms with Gasteiger partial charge in [0.25, 0.3) is 5.91 Å². The second kappa shape index (κ2) is 10.6. The van der Waals surface area contributed by atoms with E-state index in [9.17, 15) is 4.79 Å². The van der Waals surface area contributed by atoms with Gasteiger partial charge in [-0.05, 0) is 68.1 Å². The summed E-state index contributed by atoms with van der Waals surface area (Å²) in [5, 5.41) is 13.2. The fourth-order valence-electron chi connectivity index (χ4n) is 4.79. The number of imidazole rings is 1. The molecule has 1 N–H and O–H groups in total. The van der Waals surface area contributed by atoms with Crippen molar-refractivity contribution in [3.05, 3.63) is 69.9 Å². The van der Waals surface area contributed by atoms with Crippen molar-refractivity contribution >= 4 is 29.4 Å². The molecule has 0 bridgehead atoms. The van der Waals surface area contributed by atoms with Crippen molar-refractivity contribution in [3.63, 3.8) is 0 Å². The van der Waals surface area contributed by atoms with Crippen LogP contribution in [0, 0.1) is 11.3 Å². The maximum absolute atomic E-state index is 13.1. The third kappa shape index (κ3) is 5.27. The Kier molecular flexibility index (Phi) is 7.19. The number of ether oxygens (including phenoxy) is 1. The molecule has 0 radical (unpaired) electrons. The molecule has 0 atom stereocenters. The number of likely N-dealkylation sites (tertiary alicyclic amines) is 1. The Morgan fingerprint density at radius 2 is 2.03 bits per heavy atom. The van der Waals surface area contributed by atoms with Gasteiger partial charge in [0.2, 0.25) is 0 Å². The molecule has 0 saturated carbocycles. The predicted molar refractivity (Wildman–Crippen MR) is 137 cm³/mol. The minimum atomic E-state index is -0.0120. The van der Waals surface area contributed by atoms with Gasteiger partial charge in [-0.1, -0.05) is 30.0 Å². The largest absolute Gasteiger partial charge is 0.378 e. The monoisotopic (exact) mass is 487 g/mol. The van der Waals surface area contributed by atoms with Crippen molar-refractivity contribution < 1.29 is 9.53 Å². The summed E-state index contributed by atoms with van der Waals surface area (Å²) in [5.74, 6) is -0.0120. The summed E-state index contributed by atoms with van der Waals surface area (Å²) in [6.07, 6.45) is 5.98. The zero-order valence-electron chi connectivity index (χ0n) is 19.9. The van der Waals surface area contributed by atoms with Gasteiger partial charge in [-0.2, -0.15) is 5.26 Å². The smallest absolute Gasteiger partial charge is 0.258 e. The van der Waals surface area contributed by atoms with Crippen LogP contribution in [0.1, 0.15) is 41.8 Å². The number of piperidine rings is 1. The van der Waals surface area contributed by atoms with Gasteiger partial charge in [-0.15, -0.1) is 0 Å². The standard InChI is InChI=1S/C27H29N5O2S/c1-34-18-22-23-16-24(35-26-6-2-5-25(30-22)32(23)26)27(33)29-21-11-14-31(15-12-21)13-3-4-19-7-9-20(17-28)10-8-19/h2,5-10,16,21H,3-4,11-15,18H2,1H3,(H,29,33). The van der Waals surface area contributed by atoms with E-state index >= 15 is 0 Å². The van der Waals surface area contributed by atoms with E-state index in [1.807, 2.05) is 48.5 Å². The molecule has 1 saturated heterocycles. The van der Waals surface area contributed by atoms with Crippen LogP contribution in [0.2, 0.25) is 0 Å². The maximum atomic E-state index is 13.1. The SMILES string of the molecule is COCc1nc2cccc3n2c1C=C(C(=O)NC1CCN(CCCc2ccc(C#N)cc2)CC1)S3. The van der Waals surface area contributed by atoms with E-state index in [0.717, 1.165) is 67.4 Å². The molecule has 7 nitrogen and oxygen atoms in total. The lowest BCUT2D eigenvalue weighted by Gasteiger charge is -2.32. The Bertz CT molecular complexity index is 1280. The second-order valence-electron chi connectivity index (χ2n) is 9.05. The molecule has 2 aliphatic rings. The summed E-state index contributed by atoms with van der Waals surface area (Å²) < 4.78 is 7.41. The lowest BCUT2D eigenvalue weighted by atomic mass is 10.0. The minimum Gasteiger partial charge on any atom is -0.378 e. The highest BCUT2D eigenvalue weighted by Crippen LogP contribution is 2.36. The number of benzene rings is 1. The maximum Gasteiger partial charge on any atom is 0.258 e. The number of rotatable bonds is 8. The van der Waals surface area contributed by atoms with Crippen molar-refractivity contribution in [2.24, 2.45) is 0 Å². The third-order valence-corrected chi connectivity index (χ3v) is 7.70. The molecule has 8 heteroatoms. The summed E-state index contributed by atoms with van der Waals surface area (Å²) in [7, 11) is 1.66. The number of pyridine rings is 1. The zero-order valence-corrected chi connectivity index (χ0v) is 20.7. The minimum absolute atomic E-state index is 0.0120. The number of thioether (sulfide) groups is 1.